The maximum absolute atomic E-state index is 13.9. The van der Waals surface area contributed by atoms with Gasteiger partial charge in [-0.25, -0.2) is 4.79 Å². The van der Waals surface area contributed by atoms with E-state index in [1.807, 2.05) is 63.2 Å². The molecule has 0 aliphatic heterocycles. The number of para-hydroxylation sites is 1. The molecule has 0 saturated heterocycles. The van der Waals surface area contributed by atoms with Crippen LogP contribution in [0.3, 0.4) is 0 Å². The number of amides is 3. The van der Waals surface area contributed by atoms with Crippen LogP contribution in [-0.4, -0.2) is 41.0 Å². The van der Waals surface area contributed by atoms with Crippen molar-refractivity contribution >= 4 is 23.6 Å². The number of benzene rings is 2. The highest BCUT2D eigenvalue weighted by Gasteiger charge is 2.35. The summed E-state index contributed by atoms with van der Waals surface area (Å²) in [5, 5.41) is 5.70. The summed E-state index contributed by atoms with van der Waals surface area (Å²) in [5.41, 5.74) is 3.61. The fraction of sp³-hybridized carbons (Fsp3) is 0.500. The van der Waals surface area contributed by atoms with Crippen molar-refractivity contribution < 1.29 is 19.1 Å². The summed E-state index contributed by atoms with van der Waals surface area (Å²) in [6.07, 6.45) is 1.95. The topological polar surface area (TPSA) is 87.7 Å². The number of hydrogen-bond donors (Lipinski definition) is 2. The second-order valence-electron chi connectivity index (χ2n) is 10.7. The number of aryl methyl sites for hydroxylation is 3. The molecule has 0 spiro atoms. The van der Waals surface area contributed by atoms with Crippen molar-refractivity contribution in [2.24, 2.45) is 0 Å². The third-order valence-electron chi connectivity index (χ3n) is 6.08. The van der Waals surface area contributed by atoms with Crippen LogP contribution in [0, 0.1) is 20.8 Å². The lowest BCUT2D eigenvalue weighted by Crippen LogP contribution is -2.51. The van der Waals surface area contributed by atoms with Crippen LogP contribution in [0.2, 0.25) is 0 Å². The number of rotatable bonds is 10. The number of carbonyl (C=O) groups is 3. The van der Waals surface area contributed by atoms with Crippen LogP contribution in [0.4, 0.5) is 10.5 Å². The van der Waals surface area contributed by atoms with Crippen LogP contribution in [0.15, 0.2) is 42.5 Å². The predicted octanol–water partition coefficient (Wildman–Crippen LogP) is 6.22. The van der Waals surface area contributed by atoms with Crippen molar-refractivity contribution in [3.8, 4) is 0 Å². The molecule has 0 radical (unpaired) electrons. The molecule has 0 bridgehead atoms. The van der Waals surface area contributed by atoms with E-state index < -0.39 is 23.8 Å². The Kier molecular flexibility index (Phi) is 10.7. The minimum Gasteiger partial charge on any atom is -0.444 e. The molecule has 3 amide bonds. The molecule has 2 atom stereocenters. The van der Waals surface area contributed by atoms with Crippen molar-refractivity contribution in [1.82, 2.24) is 10.2 Å². The Morgan fingerprint density at radius 2 is 1.65 bits per heavy atom. The largest absolute Gasteiger partial charge is 0.444 e. The highest BCUT2D eigenvalue weighted by Crippen LogP contribution is 2.29. The minimum absolute atomic E-state index is 0.294. The Labute approximate surface area is 222 Å². The van der Waals surface area contributed by atoms with Gasteiger partial charge in [0, 0.05) is 12.2 Å². The Morgan fingerprint density at radius 1 is 0.973 bits per heavy atom. The molecule has 0 aliphatic rings. The monoisotopic (exact) mass is 509 g/mol. The van der Waals surface area contributed by atoms with Crippen molar-refractivity contribution in [3.63, 3.8) is 0 Å². The van der Waals surface area contributed by atoms with E-state index in [1.54, 1.807) is 32.6 Å². The molecule has 7 nitrogen and oxygen atoms in total. The van der Waals surface area contributed by atoms with E-state index in [4.69, 9.17) is 4.74 Å². The molecule has 0 aromatic heterocycles. The third-order valence-corrected chi connectivity index (χ3v) is 6.08. The average molecular weight is 510 g/mol. The van der Waals surface area contributed by atoms with Gasteiger partial charge in [0.1, 0.15) is 17.7 Å². The first kappa shape index (κ1) is 29.9. The van der Waals surface area contributed by atoms with Crippen LogP contribution in [0.1, 0.15) is 82.2 Å². The number of alkyl carbamates (subject to hydrolysis) is 1. The van der Waals surface area contributed by atoms with Crippen LogP contribution >= 0.6 is 0 Å². The summed E-state index contributed by atoms with van der Waals surface area (Å²) >= 11 is 0. The van der Waals surface area contributed by atoms with E-state index in [-0.39, 0.29) is 11.8 Å². The van der Waals surface area contributed by atoms with Crippen molar-refractivity contribution in [2.45, 2.75) is 92.3 Å². The van der Waals surface area contributed by atoms with Gasteiger partial charge < -0.3 is 20.3 Å². The van der Waals surface area contributed by atoms with Crippen LogP contribution in [0.25, 0.3) is 0 Å². The predicted molar refractivity (Wildman–Crippen MR) is 149 cm³/mol. The van der Waals surface area contributed by atoms with Crippen LogP contribution in [0.5, 0.6) is 0 Å². The van der Waals surface area contributed by atoms with Gasteiger partial charge in [0.2, 0.25) is 5.91 Å². The Bertz CT molecular complexity index is 1090. The molecule has 0 saturated carbocycles. The fourth-order valence-corrected chi connectivity index (χ4v) is 4.11. The zero-order valence-corrected chi connectivity index (χ0v) is 23.6. The van der Waals surface area contributed by atoms with Gasteiger partial charge in [-0.1, -0.05) is 61.7 Å². The smallest absolute Gasteiger partial charge is 0.408 e. The normalized spacial score (nSPS) is 12.9. The molecular formula is C30H43N3O4. The maximum Gasteiger partial charge on any atom is 0.408 e. The fourth-order valence-electron chi connectivity index (χ4n) is 4.11. The van der Waals surface area contributed by atoms with E-state index in [2.05, 4.69) is 17.6 Å². The summed E-state index contributed by atoms with van der Waals surface area (Å²) in [6.45, 7) is 15.2. The van der Waals surface area contributed by atoms with Gasteiger partial charge in [0.15, 0.2) is 0 Å². The lowest BCUT2D eigenvalue weighted by Gasteiger charge is -2.34. The zero-order valence-electron chi connectivity index (χ0n) is 23.6. The third kappa shape index (κ3) is 8.92. The van der Waals surface area contributed by atoms with Gasteiger partial charge in [0.25, 0.3) is 5.91 Å². The quantitative estimate of drug-likeness (QED) is 0.372. The number of anilines is 1. The van der Waals surface area contributed by atoms with Gasteiger partial charge in [-0.3, -0.25) is 9.59 Å². The van der Waals surface area contributed by atoms with Gasteiger partial charge in [0.05, 0.1) is 0 Å². The molecular weight excluding hydrogens is 466 g/mol. The van der Waals surface area contributed by atoms with Crippen LogP contribution < -0.4 is 10.6 Å². The summed E-state index contributed by atoms with van der Waals surface area (Å²) < 4.78 is 5.36. The van der Waals surface area contributed by atoms with Gasteiger partial charge in [-0.15, -0.1) is 0 Å². The molecule has 0 fully saturated rings. The first-order chi connectivity index (χ1) is 17.3. The molecule has 2 unspecified atom stereocenters. The van der Waals surface area contributed by atoms with Crippen molar-refractivity contribution in [3.05, 3.63) is 64.7 Å². The SMILES string of the molecule is CCCCCN(C(=O)C(C)NC(=O)OC(C)(C)C)C(C(=O)Nc1ccccc1C)c1cc(C)ccc1C. The maximum atomic E-state index is 13.9. The summed E-state index contributed by atoms with van der Waals surface area (Å²) in [6, 6.07) is 11.7. The number of ether oxygens (including phenoxy) is 1. The van der Waals surface area contributed by atoms with E-state index in [9.17, 15) is 14.4 Å². The van der Waals surface area contributed by atoms with Crippen LogP contribution in [-0.2, 0) is 14.3 Å². The van der Waals surface area contributed by atoms with E-state index in [0.717, 1.165) is 41.5 Å². The number of carbonyl (C=O) groups excluding carboxylic acids is 3. The van der Waals surface area contributed by atoms with E-state index >= 15 is 0 Å². The minimum atomic E-state index is -0.879. The lowest BCUT2D eigenvalue weighted by molar-refractivity contribution is -0.140. The molecule has 0 heterocycles. The number of hydrogen-bond acceptors (Lipinski definition) is 4. The van der Waals surface area contributed by atoms with E-state index in [1.165, 1.54) is 0 Å². The number of unbranched alkanes of at least 4 members (excludes halogenated alkanes) is 2. The Balaban J connectivity index is 2.50. The second kappa shape index (κ2) is 13.3. The highest BCUT2D eigenvalue weighted by atomic mass is 16.6. The Morgan fingerprint density at radius 3 is 2.27 bits per heavy atom. The summed E-state index contributed by atoms with van der Waals surface area (Å²) in [7, 11) is 0. The van der Waals surface area contributed by atoms with Gasteiger partial charge >= 0.3 is 6.09 Å². The summed E-state index contributed by atoms with van der Waals surface area (Å²) in [5.74, 6) is -0.634. The zero-order chi connectivity index (χ0) is 27.8. The molecule has 37 heavy (non-hydrogen) atoms. The number of nitrogens with zero attached hydrogens (tertiary/aromatic N) is 1. The molecule has 0 aliphatic carbocycles. The first-order valence-corrected chi connectivity index (χ1v) is 13.1. The van der Waals surface area contributed by atoms with E-state index in [0.29, 0.717) is 12.2 Å². The second-order valence-corrected chi connectivity index (χ2v) is 10.7. The molecule has 202 valence electrons. The van der Waals surface area contributed by atoms with Gasteiger partial charge in [-0.05, 0) is 77.6 Å². The molecule has 2 rings (SSSR count). The Hall–Kier alpha value is -3.35. The van der Waals surface area contributed by atoms with Gasteiger partial charge in [-0.2, -0.15) is 0 Å². The van der Waals surface area contributed by atoms with Crippen molar-refractivity contribution in [1.29, 1.82) is 0 Å². The van der Waals surface area contributed by atoms with Crippen molar-refractivity contribution in [2.75, 3.05) is 11.9 Å². The molecule has 2 N–H and O–H groups in total. The molecule has 2 aromatic carbocycles. The summed E-state index contributed by atoms with van der Waals surface area (Å²) in [4.78, 5) is 41.8. The lowest BCUT2D eigenvalue weighted by atomic mass is 9.95. The highest BCUT2D eigenvalue weighted by molar-refractivity contribution is 5.99. The molecule has 2 aromatic rings. The number of nitrogens with one attached hydrogen (secondary N) is 2. The average Bonchev–Trinajstić information content (AvgIpc) is 2.80. The first-order valence-electron chi connectivity index (χ1n) is 13.1. The molecule has 7 heteroatoms. The standard InChI is InChI=1S/C30H43N3O4/c1-9-10-13-18-33(28(35)23(5)31-29(36)37-30(6,7)8)26(24-19-20(2)16-17-21(24)3)27(34)32-25-15-12-11-14-22(25)4/h11-12,14-17,19,23,26H,9-10,13,18H2,1-8H3,(H,31,36)(H,32,34).